The summed E-state index contributed by atoms with van der Waals surface area (Å²) in [5.41, 5.74) is 8.90. The van der Waals surface area contributed by atoms with Gasteiger partial charge in [0.25, 0.3) is 0 Å². The number of thiazole rings is 1. The van der Waals surface area contributed by atoms with Gasteiger partial charge in [0, 0.05) is 18.6 Å². The van der Waals surface area contributed by atoms with Gasteiger partial charge >= 0.3 is 0 Å². The van der Waals surface area contributed by atoms with Crippen molar-refractivity contribution >= 4 is 34.5 Å². The van der Waals surface area contributed by atoms with Crippen molar-refractivity contribution in [2.24, 2.45) is 5.73 Å². The zero-order valence-electron chi connectivity index (χ0n) is 9.20. The third kappa shape index (κ3) is 2.95. The Hall–Kier alpha value is -1.60. The normalized spacial score (nSPS) is 10.2. The quantitative estimate of drug-likeness (QED) is 0.838. The molecule has 2 aromatic rings. The number of thiocarbonyl (C=S) groups is 1. The standard InChI is InChI=1S/C10H11N5S2/c1-15(4-7-5-17-6-13-7)10-12-3-2-8(14-10)9(11)16/h2-3,5-6H,4H2,1H3,(H2,11,16). The third-order valence-corrected chi connectivity index (χ3v) is 2.96. The number of hydrogen-bond donors (Lipinski definition) is 1. The van der Waals surface area contributed by atoms with Crippen LogP contribution in [0.4, 0.5) is 5.95 Å². The Labute approximate surface area is 108 Å². The van der Waals surface area contributed by atoms with E-state index in [-0.39, 0.29) is 4.99 Å². The van der Waals surface area contributed by atoms with E-state index in [1.807, 2.05) is 17.3 Å². The lowest BCUT2D eigenvalue weighted by molar-refractivity contribution is 0.846. The summed E-state index contributed by atoms with van der Waals surface area (Å²) in [6, 6.07) is 1.70. The minimum atomic E-state index is 0.274. The fourth-order valence-corrected chi connectivity index (χ4v) is 1.96. The molecule has 0 spiro atoms. The van der Waals surface area contributed by atoms with Crippen molar-refractivity contribution in [2.45, 2.75) is 6.54 Å². The zero-order chi connectivity index (χ0) is 12.3. The Kier molecular flexibility index (Phi) is 3.60. The van der Waals surface area contributed by atoms with E-state index in [4.69, 9.17) is 18.0 Å². The second-order valence-corrected chi connectivity index (χ2v) is 4.60. The van der Waals surface area contributed by atoms with Crippen LogP contribution in [0.3, 0.4) is 0 Å². The number of hydrogen-bond acceptors (Lipinski definition) is 6. The minimum absolute atomic E-state index is 0.274. The fourth-order valence-electron chi connectivity index (χ4n) is 1.30. The number of anilines is 1. The van der Waals surface area contributed by atoms with Crippen LogP contribution in [-0.4, -0.2) is 27.0 Å². The van der Waals surface area contributed by atoms with E-state index in [9.17, 15) is 0 Å². The fraction of sp³-hybridized carbons (Fsp3) is 0.200. The van der Waals surface area contributed by atoms with Gasteiger partial charge in [-0.3, -0.25) is 0 Å². The average Bonchev–Trinajstić information content (AvgIpc) is 2.82. The Morgan fingerprint density at radius 1 is 1.53 bits per heavy atom. The maximum atomic E-state index is 5.53. The first-order chi connectivity index (χ1) is 8.16. The first-order valence-corrected chi connectivity index (χ1v) is 6.23. The van der Waals surface area contributed by atoms with Crippen molar-refractivity contribution < 1.29 is 0 Å². The van der Waals surface area contributed by atoms with Gasteiger partial charge in [-0.15, -0.1) is 11.3 Å². The van der Waals surface area contributed by atoms with E-state index in [2.05, 4.69) is 15.0 Å². The first-order valence-electron chi connectivity index (χ1n) is 4.88. The van der Waals surface area contributed by atoms with Gasteiger partial charge in [-0.25, -0.2) is 15.0 Å². The Morgan fingerprint density at radius 2 is 2.35 bits per heavy atom. The van der Waals surface area contributed by atoms with E-state index in [1.165, 1.54) is 0 Å². The van der Waals surface area contributed by atoms with Gasteiger partial charge in [0.15, 0.2) is 0 Å². The molecule has 0 amide bonds. The molecule has 5 nitrogen and oxygen atoms in total. The molecular weight excluding hydrogens is 254 g/mol. The molecule has 2 heterocycles. The van der Waals surface area contributed by atoms with Crippen LogP contribution in [0, 0.1) is 0 Å². The first kappa shape index (κ1) is 11.9. The van der Waals surface area contributed by atoms with Gasteiger partial charge in [0.2, 0.25) is 5.95 Å². The van der Waals surface area contributed by atoms with Crippen LogP contribution in [0.1, 0.15) is 11.4 Å². The van der Waals surface area contributed by atoms with E-state index in [0.717, 1.165) is 5.69 Å². The summed E-state index contributed by atoms with van der Waals surface area (Å²) in [7, 11) is 1.90. The van der Waals surface area contributed by atoms with Crippen molar-refractivity contribution in [1.82, 2.24) is 15.0 Å². The van der Waals surface area contributed by atoms with Crippen molar-refractivity contribution in [3.63, 3.8) is 0 Å². The highest BCUT2D eigenvalue weighted by molar-refractivity contribution is 7.80. The molecule has 0 unspecified atom stereocenters. The van der Waals surface area contributed by atoms with Crippen LogP contribution in [-0.2, 0) is 6.54 Å². The molecule has 7 heteroatoms. The molecule has 0 aliphatic carbocycles. The molecule has 0 bridgehead atoms. The van der Waals surface area contributed by atoms with Crippen LogP contribution in [0.2, 0.25) is 0 Å². The molecule has 17 heavy (non-hydrogen) atoms. The Balaban J connectivity index is 2.16. The molecule has 0 aliphatic heterocycles. The van der Waals surface area contributed by atoms with Gasteiger partial charge in [-0.05, 0) is 6.07 Å². The summed E-state index contributed by atoms with van der Waals surface area (Å²) in [5, 5.41) is 1.99. The third-order valence-electron chi connectivity index (χ3n) is 2.12. The molecule has 0 atom stereocenters. The van der Waals surface area contributed by atoms with Crippen molar-refractivity contribution in [3.05, 3.63) is 34.5 Å². The zero-order valence-corrected chi connectivity index (χ0v) is 10.8. The van der Waals surface area contributed by atoms with Crippen molar-refractivity contribution in [1.29, 1.82) is 0 Å². The molecular formula is C10H11N5S2. The van der Waals surface area contributed by atoms with Crippen molar-refractivity contribution in [3.8, 4) is 0 Å². The second kappa shape index (κ2) is 5.15. The van der Waals surface area contributed by atoms with Gasteiger partial charge in [-0.2, -0.15) is 0 Å². The highest BCUT2D eigenvalue weighted by Crippen LogP contribution is 2.10. The molecule has 88 valence electrons. The summed E-state index contributed by atoms with van der Waals surface area (Å²) in [5.74, 6) is 0.586. The SMILES string of the molecule is CN(Cc1cscn1)c1nccc(C(N)=S)n1. The molecule has 0 aromatic carbocycles. The Morgan fingerprint density at radius 3 is 3.00 bits per heavy atom. The van der Waals surface area contributed by atoms with E-state index < -0.39 is 0 Å². The van der Waals surface area contributed by atoms with Crippen LogP contribution in [0.25, 0.3) is 0 Å². The van der Waals surface area contributed by atoms with Gasteiger partial charge in [0.1, 0.15) is 10.7 Å². The molecule has 0 saturated heterocycles. The number of rotatable bonds is 4. The lowest BCUT2D eigenvalue weighted by Gasteiger charge is -2.15. The predicted molar refractivity (Wildman–Crippen MR) is 72.1 cm³/mol. The van der Waals surface area contributed by atoms with Crippen LogP contribution >= 0.6 is 23.6 Å². The summed E-state index contributed by atoms with van der Waals surface area (Å²) in [4.78, 5) is 14.8. The summed E-state index contributed by atoms with van der Waals surface area (Å²) in [6.45, 7) is 0.657. The minimum Gasteiger partial charge on any atom is -0.388 e. The topological polar surface area (TPSA) is 67.9 Å². The predicted octanol–water partition coefficient (Wildman–Crippen LogP) is 1.20. The van der Waals surface area contributed by atoms with E-state index in [0.29, 0.717) is 18.2 Å². The summed E-state index contributed by atoms with van der Waals surface area (Å²) >= 11 is 6.45. The van der Waals surface area contributed by atoms with Gasteiger partial charge in [0.05, 0.1) is 17.7 Å². The molecule has 2 aromatic heterocycles. The van der Waals surface area contributed by atoms with Crippen LogP contribution in [0.5, 0.6) is 0 Å². The van der Waals surface area contributed by atoms with E-state index >= 15 is 0 Å². The van der Waals surface area contributed by atoms with Crippen LogP contribution < -0.4 is 10.6 Å². The smallest absolute Gasteiger partial charge is 0.226 e. The summed E-state index contributed by atoms with van der Waals surface area (Å²) < 4.78 is 0. The monoisotopic (exact) mass is 265 g/mol. The molecule has 0 fully saturated rings. The average molecular weight is 265 g/mol. The van der Waals surface area contributed by atoms with Crippen molar-refractivity contribution in [2.75, 3.05) is 11.9 Å². The molecule has 0 radical (unpaired) electrons. The molecule has 0 saturated carbocycles. The van der Waals surface area contributed by atoms with E-state index in [1.54, 1.807) is 29.1 Å². The Bertz CT molecular complexity index is 511. The molecule has 2 N–H and O–H groups in total. The maximum absolute atomic E-state index is 5.53. The maximum Gasteiger partial charge on any atom is 0.226 e. The second-order valence-electron chi connectivity index (χ2n) is 3.44. The largest absolute Gasteiger partial charge is 0.388 e. The number of aromatic nitrogens is 3. The lowest BCUT2D eigenvalue weighted by Crippen LogP contribution is -2.21. The number of nitrogens with zero attached hydrogens (tertiary/aromatic N) is 4. The molecule has 2 rings (SSSR count). The number of nitrogens with two attached hydrogens (primary N) is 1. The highest BCUT2D eigenvalue weighted by Gasteiger charge is 2.08. The molecule has 0 aliphatic rings. The van der Waals surface area contributed by atoms with Crippen LogP contribution in [0.15, 0.2) is 23.2 Å². The van der Waals surface area contributed by atoms with Gasteiger partial charge in [-0.1, -0.05) is 12.2 Å². The lowest BCUT2D eigenvalue weighted by atomic mass is 10.4. The summed E-state index contributed by atoms with van der Waals surface area (Å²) in [6.07, 6.45) is 1.65. The van der Waals surface area contributed by atoms with Gasteiger partial charge < -0.3 is 10.6 Å². The highest BCUT2D eigenvalue weighted by atomic mass is 32.1.